The molecule has 0 aliphatic rings. The Balaban J connectivity index is 2.06. The molecule has 1 heterocycles. The van der Waals surface area contributed by atoms with Crippen molar-refractivity contribution < 1.29 is 9.32 Å². The average Bonchev–Trinajstić information content (AvgIpc) is 2.70. The third kappa shape index (κ3) is 2.82. The molecule has 2 aromatic rings. The minimum absolute atomic E-state index is 0.0481. The van der Waals surface area contributed by atoms with Gasteiger partial charge in [-0.1, -0.05) is 17.3 Å². The van der Waals surface area contributed by atoms with Gasteiger partial charge < -0.3 is 15.6 Å². The van der Waals surface area contributed by atoms with Crippen molar-refractivity contribution in [3.05, 3.63) is 30.0 Å². The summed E-state index contributed by atoms with van der Waals surface area (Å²) in [6.45, 7) is 2.31. The molecular formula is C12H15N3O2. The predicted octanol–water partition coefficient (Wildman–Crippen LogP) is 0.834. The van der Waals surface area contributed by atoms with Crippen LogP contribution in [-0.2, 0) is 11.2 Å². The Morgan fingerprint density at radius 1 is 1.53 bits per heavy atom. The highest BCUT2D eigenvalue weighted by Crippen LogP contribution is 2.17. The zero-order valence-electron chi connectivity index (χ0n) is 9.64. The van der Waals surface area contributed by atoms with E-state index in [1.807, 2.05) is 31.2 Å². The van der Waals surface area contributed by atoms with Crippen molar-refractivity contribution in [3.8, 4) is 0 Å². The molecular weight excluding hydrogens is 218 g/mol. The molecule has 0 saturated heterocycles. The van der Waals surface area contributed by atoms with Gasteiger partial charge in [0.2, 0.25) is 5.91 Å². The Morgan fingerprint density at radius 3 is 3.06 bits per heavy atom. The van der Waals surface area contributed by atoms with Crippen LogP contribution < -0.4 is 11.1 Å². The number of para-hydroxylation sites is 1. The maximum atomic E-state index is 11.6. The van der Waals surface area contributed by atoms with Gasteiger partial charge in [-0.2, -0.15) is 0 Å². The van der Waals surface area contributed by atoms with Gasteiger partial charge in [0.05, 0.1) is 6.42 Å². The van der Waals surface area contributed by atoms with Crippen molar-refractivity contribution in [1.29, 1.82) is 0 Å². The number of amides is 1. The Kier molecular flexibility index (Phi) is 3.39. The molecule has 1 unspecified atom stereocenters. The summed E-state index contributed by atoms with van der Waals surface area (Å²) in [5.41, 5.74) is 6.91. The number of aromatic nitrogens is 1. The molecule has 0 saturated carbocycles. The maximum absolute atomic E-state index is 11.6. The summed E-state index contributed by atoms with van der Waals surface area (Å²) in [6, 6.07) is 7.43. The zero-order valence-corrected chi connectivity index (χ0v) is 9.64. The van der Waals surface area contributed by atoms with Crippen molar-refractivity contribution in [2.45, 2.75) is 19.4 Å². The summed E-state index contributed by atoms with van der Waals surface area (Å²) in [4.78, 5) is 11.6. The number of nitrogens with one attached hydrogen (secondary N) is 1. The van der Waals surface area contributed by atoms with Gasteiger partial charge in [0.1, 0.15) is 5.69 Å². The molecule has 1 amide bonds. The first-order valence-electron chi connectivity index (χ1n) is 5.52. The summed E-state index contributed by atoms with van der Waals surface area (Å²) < 4.78 is 5.12. The molecule has 3 N–H and O–H groups in total. The smallest absolute Gasteiger partial charge is 0.226 e. The van der Waals surface area contributed by atoms with Crippen molar-refractivity contribution in [2.24, 2.45) is 5.73 Å². The average molecular weight is 233 g/mol. The fraction of sp³-hybridized carbons (Fsp3) is 0.333. The molecule has 0 aliphatic heterocycles. The largest absolute Gasteiger partial charge is 0.356 e. The lowest BCUT2D eigenvalue weighted by atomic mass is 10.1. The number of nitrogens with zero attached hydrogens (tertiary/aromatic N) is 1. The van der Waals surface area contributed by atoms with Gasteiger partial charge in [0, 0.05) is 18.0 Å². The lowest BCUT2D eigenvalue weighted by Crippen LogP contribution is -2.36. The first-order chi connectivity index (χ1) is 8.16. The minimum Gasteiger partial charge on any atom is -0.356 e. The van der Waals surface area contributed by atoms with Crippen molar-refractivity contribution in [1.82, 2.24) is 10.5 Å². The Labute approximate surface area is 99.0 Å². The van der Waals surface area contributed by atoms with E-state index in [2.05, 4.69) is 10.5 Å². The van der Waals surface area contributed by atoms with Gasteiger partial charge in [-0.15, -0.1) is 0 Å². The van der Waals surface area contributed by atoms with E-state index in [0.29, 0.717) is 17.8 Å². The standard InChI is InChI=1S/C12H15N3O2/c1-8(13)7-14-12(16)6-10-9-4-2-3-5-11(9)17-15-10/h2-5,8H,6-7,13H2,1H3,(H,14,16). The van der Waals surface area contributed by atoms with E-state index in [-0.39, 0.29) is 18.4 Å². The lowest BCUT2D eigenvalue weighted by Gasteiger charge is -2.06. The number of hydrogen-bond acceptors (Lipinski definition) is 4. The molecule has 0 spiro atoms. The van der Waals surface area contributed by atoms with Crippen LogP contribution in [0.4, 0.5) is 0 Å². The highest BCUT2D eigenvalue weighted by atomic mass is 16.5. The van der Waals surface area contributed by atoms with E-state index in [1.165, 1.54) is 0 Å². The molecule has 0 radical (unpaired) electrons. The monoisotopic (exact) mass is 233 g/mol. The number of carbonyl (C=O) groups excluding carboxylic acids is 1. The number of hydrogen-bond donors (Lipinski definition) is 2. The number of nitrogens with two attached hydrogens (primary N) is 1. The summed E-state index contributed by atoms with van der Waals surface area (Å²) in [6.07, 6.45) is 0.212. The van der Waals surface area contributed by atoms with Gasteiger partial charge in [-0.25, -0.2) is 0 Å². The molecule has 0 fully saturated rings. The minimum atomic E-state index is -0.0960. The molecule has 90 valence electrons. The molecule has 1 aromatic carbocycles. The highest BCUT2D eigenvalue weighted by molar-refractivity contribution is 5.86. The quantitative estimate of drug-likeness (QED) is 0.819. The second-order valence-electron chi connectivity index (χ2n) is 4.08. The predicted molar refractivity (Wildman–Crippen MR) is 64.4 cm³/mol. The van der Waals surface area contributed by atoms with Gasteiger partial charge in [-0.05, 0) is 19.1 Å². The second-order valence-corrected chi connectivity index (χ2v) is 4.08. The van der Waals surface area contributed by atoms with Crippen LogP contribution in [0.25, 0.3) is 11.0 Å². The molecule has 1 atom stereocenters. The molecule has 5 heteroatoms. The molecule has 2 rings (SSSR count). The van der Waals surface area contributed by atoms with E-state index >= 15 is 0 Å². The molecule has 5 nitrogen and oxygen atoms in total. The van der Waals surface area contributed by atoms with Crippen molar-refractivity contribution in [3.63, 3.8) is 0 Å². The van der Waals surface area contributed by atoms with Crippen LogP contribution in [0.15, 0.2) is 28.8 Å². The van der Waals surface area contributed by atoms with E-state index in [4.69, 9.17) is 10.3 Å². The van der Waals surface area contributed by atoms with Gasteiger partial charge >= 0.3 is 0 Å². The van der Waals surface area contributed by atoms with Crippen molar-refractivity contribution >= 4 is 16.9 Å². The van der Waals surface area contributed by atoms with Crippen LogP contribution in [0, 0.1) is 0 Å². The molecule has 0 aliphatic carbocycles. The lowest BCUT2D eigenvalue weighted by molar-refractivity contribution is -0.120. The molecule has 0 bridgehead atoms. The number of rotatable bonds is 4. The second kappa shape index (κ2) is 4.97. The van der Waals surface area contributed by atoms with Crippen LogP contribution in [-0.4, -0.2) is 23.7 Å². The topological polar surface area (TPSA) is 81.1 Å². The summed E-state index contributed by atoms with van der Waals surface area (Å²) in [5.74, 6) is -0.0960. The van der Waals surface area contributed by atoms with E-state index in [0.717, 1.165) is 5.39 Å². The van der Waals surface area contributed by atoms with Crippen LogP contribution in [0.5, 0.6) is 0 Å². The Morgan fingerprint density at radius 2 is 2.29 bits per heavy atom. The summed E-state index contributed by atoms with van der Waals surface area (Å²) in [7, 11) is 0. The third-order valence-corrected chi connectivity index (χ3v) is 2.40. The van der Waals surface area contributed by atoms with E-state index in [9.17, 15) is 4.79 Å². The SMILES string of the molecule is CC(N)CNC(=O)Cc1noc2ccccc12. The zero-order chi connectivity index (χ0) is 12.3. The number of fused-ring (bicyclic) bond motifs is 1. The van der Waals surface area contributed by atoms with E-state index in [1.54, 1.807) is 0 Å². The Bertz CT molecular complexity index is 519. The van der Waals surface area contributed by atoms with E-state index < -0.39 is 0 Å². The summed E-state index contributed by atoms with van der Waals surface area (Å²) in [5, 5.41) is 7.51. The van der Waals surface area contributed by atoms with Crippen LogP contribution in [0.1, 0.15) is 12.6 Å². The highest BCUT2D eigenvalue weighted by Gasteiger charge is 2.11. The first-order valence-corrected chi connectivity index (χ1v) is 5.52. The number of benzene rings is 1. The number of carbonyl (C=O) groups is 1. The van der Waals surface area contributed by atoms with Crippen LogP contribution in [0.3, 0.4) is 0 Å². The maximum Gasteiger partial charge on any atom is 0.226 e. The van der Waals surface area contributed by atoms with Gasteiger partial charge in [-0.3, -0.25) is 4.79 Å². The van der Waals surface area contributed by atoms with Crippen LogP contribution >= 0.6 is 0 Å². The third-order valence-electron chi connectivity index (χ3n) is 2.40. The fourth-order valence-corrected chi connectivity index (χ4v) is 1.56. The van der Waals surface area contributed by atoms with Gasteiger partial charge in [0.25, 0.3) is 0 Å². The molecule has 1 aromatic heterocycles. The first kappa shape index (κ1) is 11.6. The normalized spacial score (nSPS) is 12.6. The summed E-state index contributed by atoms with van der Waals surface area (Å²) >= 11 is 0. The van der Waals surface area contributed by atoms with Gasteiger partial charge in [0.15, 0.2) is 5.58 Å². The van der Waals surface area contributed by atoms with Crippen LogP contribution in [0.2, 0.25) is 0 Å². The Hall–Kier alpha value is -1.88. The molecule has 17 heavy (non-hydrogen) atoms. The fourth-order valence-electron chi connectivity index (χ4n) is 1.56. The van der Waals surface area contributed by atoms with Crippen molar-refractivity contribution in [2.75, 3.05) is 6.54 Å².